The molecule has 0 aliphatic rings. The second-order valence-electron chi connectivity index (χ2n) is 9.86. The number of methoxy groups -OCH3 is 2. The lowest BCUT2D eigenvalue weighted by Gasteiger charge is -2.34. The van der Waals surface area contributed by atoms with Crippen LogP contribution in [0.15, 0.2) is 71.6 Å². The van der Waals surface area contributed by atoms with Crippen molar-refractivity contribution in [1.29, 1.82) is 0 Å². The maximum Gasteiger partial charge on any atom is 0.264 e. The first-order valence-electron chi connectivity index (χ1n) is 13.8. The van der Waals surface area contributed by atoms with E-state index >= 15 is 0 Å². The summed E-state index contributed by atoms with van der Waals surface area (Å²) in [5.74, 6) is -0.373. The van der Waals surface area contributed by atoms with Crippen molar-refractivity contribution in [3.05, 3.63) is 82.3 Å². The number of anilines is 1. The molecule has 3 aromatic rings. The van der Waals surface area contributed by atoms with E-state index < -0.39 is 28.5 Å². The monoisotopic (exact) mass is 649 g/mol. The molecule has 0 aromatic heterocycles. The molecule has 2 atom stereocenters. The van der Waals surface area contributed by atoms with E-state index in [0.29, 0.717) is 34.2 Å². The number of hydrogen-bond donors (Lipinski definition) is 1. The number of amides is 2. The fourth-order valence-corrected chi connectivity index (χ4v) is 6.16. The molecule has 0 aliphatic carbocycles. The van der Waals surface area contributed by atoms with E-state index in [1.54, 1.807) is 31.2 Å². The molecule has 2 amide bonds. The maximum absolute atomic E-state index is 14.2. The van der Waals surface area contributed by atoms with Gasteiger partial charge >= 0.3 is 0 Å². The number of nitrogens with one attached hydrogen (secondary N) is 1. The number of sulfonamides is 1. The van der Waals surface area contributed by atoms with Crippen LogP contribution in [0.2, 0.25) is 10.0 Å². The van der Waals surface area contributed by atoms with Crippen molar-refractivity contribution in [3.63, 3.8) is 0 Å². The number of halogens is 2. The molecule has 0 fully saturated rings. The molecule has 0 aliphatic heterocycles. The largest absolute Gasteiger partial charge is 0.493 e. The van der Waals surface area contributed by atoms with Gasteiger partial charge in [-0.05, 0) is 67.8 Å². The molecule has 1 N–H and O–H groups in total. The van der Waals surface area contributed by atoms with Crippen LogP contribution >= 0.6 is 23.2 Å². The predicted molar refractivity (Wildman–Crippen MR) is 170 cm³/mol. The summed E-state index contributed by atoms with van der Waals surface area (Å²) >= 11 is 12.6. The molecule has 43 heavy (non-hydrogen) atoms. The average Bonchev–Trinajstić information content (AvgIpc) is 3.00. The first kappa shape index (κ1) is 34.0. The Hall–Kier alpha value is -3.47. The van der Waals surface area contributed by atoms with Crippen LogP contribution in [-0.4, -0.2) is 58.0 Å². The van der Waals surface area contributed by atoms with Gasteiger partial charge in [0, 0.05) is 28.7 Å². The molecule has 3 aromatic carbocycles. The van der Waals surface area contributed by atoms with Crippen LogP contribution < -0.4 is 19.1 Å². The van der Waals surface area contributed by atoms with Crippen LogP contribution in [0, 0.1) is 0 Å². The van der Waals surface area contributed by atoms with Crippen molar-refractivity contribution in [2.45, 2.75) is 57.1 Å². The normalized spacial score (nSPS) is 12.6. The Bertz CT molecular complexity index is 1520. The maximum atomic E-state index is 14.2. The number of carbonyl (C=O) groups is 2. The minimum Gasteiger partial charge on any atom is -0.493 e. The highest BCUT2D eigenvalue weighted by atomic mass is 35.5. The fourth-order valence-electron chi connectivity index (χ4n) is 4.41. The molecule has 9 nitrogen and oxygen atoms in total. The van der Waals surface area contributed by atoms with Crippen LogP contribution in [-0.2, 0) is 26.2 Å². The lowest BCUT2D eigenvalue weighted by Crippen LogP contribution is -2.53. The van der Waals surface area contributed by atoms with E-state index in [2.05, 4.69) is 5.32 Å². The number of hydrogen-bond acceptors (Lipinski definition) is 6. The summed E-state index contributed by atoms with van der Waals surface area (Å²) in [6, 6.07) is 16.3. The molecular weight excluding hydrogens is 613 g/mol. The summed E-state index contributed by atoms with van der Waals surface area (Å²) in [5, 5.41) is 3.77. The first-order valence-corrected chi connectivity index (χ1v) is 16.0. The molecule has 0 unspecified atom stereocenters. The summed E-state index contributed by atoms with van der Waals surface area (Å²) in [6.45, 7) is 5.02. The van der Waals surface area contributed by atoms with E-state index in [0.717, 1.165) is 4.31 Å². The van der Waals surface area contributed by atoms with Crippen molar-refractivity contribution >= 4 is 50.7 Å². The van der Waals surface area contributed by atoms with Crippen LogP contribution in [0.4, 0.5) is 5.69 Å². The quantitative estimate of drug-likeness (QED) is 0.232. The minimum absolute atomic E-state index is 0.00416. The van der Waals surface area contributed by atoms with E-state index in [1.165, 1.54) is 61.6 Å². The zero-order chi connectivity index (χ0) is 31.7. The van der Waals surface area contributed by atoms with Crippen LogP contribution in [0.25, 0.3) is 0 Å². The van der Waals surface area contributed by atoms with Crippen LogP contribution in [0.5, 0.6) is 11.5 Å². The second kappa shape index (κ2) is 15.3. The smallest absolute Gasteiger partial charge is 0.264 e. The topological polar surface area (TPSA) is 105 Å². The standard InChI is InChI=1S/C31H37Cl2N3O6S/c1-6-21(3)34-31(38)27(7-2)35(19-22-10-8-9-11-26(22)33)30(37)20-36(24-14-12-23(32)13-15-24)43(39,40)25-16-17-28(41-4)29(18-25)42-5/h8-18,21,27H,6-7,19-20H2,1-5H3,(H,34,38)/t21-,27+/m0/s1. The average molecular weight is 651 g/mol. The van der Waals surface area contributed by atoms with E-state index in [1.807, 2.05) is 13.8 Å². The zero-order valence-electron chi connectivity index (χ0n) is 24.8. The van der Waals surface area contributed by atoms with Gasteiger partial charge in [0.2, 0.25) is 11.8 Å². The van der Waals surface area contributed by atoms with E-state index in [9.17, 15) is 18.0 Å². The van der Waals surface area contributed by atoms with Gasteiger partial charge in [-0.2, -0.15) is 0 Å². The number of carbonyl (C=O) groups excluding carboxylic acids is 2. The lowest BCUT2D eigenvalue weighted by atomic mass is 10.1. The molecule has 0 saturated heterocycles. The van der Waals surface area contributed by atoms with Crippen molar-refractivity contribution in [1.82, 2.24) is 10.2 Å². The highest BCUT2D eigenvalue weighted by Gasteiger charge is 2.34. The molecule has 3 rings (SSSR count). The fraction of sp³-hybridized carbons (Fsp3) is 0.355. The third-order valence-corrected chi connectivity index (χ3v) is 9.41. The Labute approximate surface area is 263 Å². The highest BCUT2D eigenvalue weighted by molar-refractivity contribution is 7.92. The molecule has 0 bridgehead atoms. The summed E-state index contributed by atoms with van der Waals surface area (Å²) in [4.78, 5) is 28.9. The Balaban J connectivity index is 2.10. The van der Waals surface area contributed by atoms with Gasteiger partial charge < -0.3 is 19.7 Å². The SMILES string of the molecule is CC[C@H](C(=O)N[C@@H](C)CC)N(Cc1ccccc1Cl)C(=O)CN(c1ccc(Cl)cc1)S(=O)(=O)c1ccc(OC)c(OC)c1. The summed E-state index contributed by atoms with van der Waals surface area (Å²) < 4.78 is 39.9. The summed E-state index contributed by atoms with van der Waals surface area (Å²) in [5.41, 5.74) is 0.829. The van der Waals surface area contributed by atoms with Crippen LogP contribution in [0.1, 0.15) is 39.2 Å². The van der Waals surface area contributed by atoms with Crippen molar-refractivity contribution < 1.29 is 27.5 Å². The molecule has 0 radical (unpaired) electrons. The number of nitrogens with zero attached hydrogens (tertiary/aromatic N) is 2. The van der Waals surface area contributed by atoms with Crippen molar-refractivity contribution in [2.75, 3.05) is 25.1 Å². The van der Waals surface area contributed by atoms with Gasteiger partial charge in [-0.3, -0.25) is 13.9 Å². The third kappa shape index (κ3) is 8.34. The molecular formula is C31H37Cl2N3O6S. The molecule has 12 heteroatoms. The molecule has 0 heterocycles. The van der Waals surface area contributed by atoms with Crippen molar-refractivity contribution in [3.8, 4) is 11.5 Å². The second-order valence-corrected chi connectivity index (χ2v) is 12.6. The summed E-state index contributed by atoms with van der Waals surface area (Å²) in [6.07, 6.45) is 0.996. The first-order chi connectivity index (χ1) is 20.5. The zero-order valence-corrected chi connectivity index (χ0v) is 27.2. The van der Waals surface area contributed by atoms with Gasteiger partial charge in [-0.1, -0.05) is 55.2 Å². The molecule has 0 spiro atoms. The molecule has 0 saturated carbocycles. The van der Waals surface area contributed by atoms with Crippen LogP contribution in [0.3, 0.4) is 0 Å². The predicted octanol–water partition coefficient (Wildman–Crippen LogP) is 5.93. The van der Waals surface area contributed by atoms with E-state index in [4.69, 9.17) is 32.7 Å². The number of benzene rings is 3. The Kier molecular flexibility index (Phi) is 12.1. The Morgan fingerprint density at radius 2 is 1.56 bits per heavy atom. The highest BCUT2D eigenvalue weighted by Crippen LogP contribution is 2.33. The van der Waals surface area contributed by atoms with Gasteiger partial charge in [0.1, 0.15) is 12.6 Å². The van der Waals surface area contributed by atoms with Gasteiger partial charge in [0.05, 0.1) is 24.8 Å². The van der Waals surface area contributed by atoms with Gasteiger partial charge in [0.15, 0.2) is 11.5 Å². The van der Waals surface area contributed by atoms with Crippen molar-refractivity contribution in [2.24, 2.45) is 0 Å². The Morgan fingerprint density at radius 1 is 0.907 bits per heavy atom. The van der Waals surface area contributed by atoms with Gasteiger partial charge in [-0.25, -0.2) is 8.42 Å². The van der Waals surface area contributed by atoms with E-state index in [-0.39, 0.29) is 34.8 Å². The number of rotatable bonds is 14. The lowest BCUT2D eigenvalue weighted by molar-refractivity contribution is -0.140. The third-order valence-electron chi connectivity index (χ3n) is 7.02. The van der Waals surface area contributed by atoms with Gasteiger partial charge in [0.25, 0.3) is 10.0 Å². The minimum atomic E-state index is -4.33. The van der Waals surface area contributed by atoms with Gasteiger partial charge in [-0.15, -0.1) is 0 Å². The summed E-state index contributed by atoms with van der Waals surface area (Å²) in [7, 11) is -1.49. The molecule has 232 valence electrons. The number of ether oxygens (including phenoxy) is 2. The Morgan fingerprint density at radius 3 is 2.14 bits per heavy atom.